The van der Waals surface area contributed by atoms with E-state index in [0.717, 1.165) is 27.8 Å². The number of rotatable bonds is 12. The molecule has 0 aliphatic heterocycles. The molecule has 6 nitrogen and oxygen atoms in total. The summed E-state index contributed by atoms with van der Waals surface area (Å²) in [4.78, 5) is 10.7. The van der Waals surface area contributed by atoms with Crippen molar-refractivity contribution in [1.82, 2.24) is 0 Å². The maximum absolute atomic E-state index is 12.6. The molecule has 0 aromatic heterocycles. The molecule has 5 aromatic carbocycles. The van der Waals surface area contributed by atoms with E-state index in [1.54, 1.807) is 24.3 Å². The van der Waals surface area contributed by atoms with Gasteiger partial charge < -0.3 is 24.1 Å². The van der Waals surface area contributed by atoms with Crippen LogP contribution in [0.1, 0.15) is 11.1 Å². The monoisotopic (exact) mass is 680 g/mol. The first-order valence-electron chi connectivity index (χ1n) is 14.5. The van der Waals surface area contributed by atoms with Crippen molar-refractivity contribution in [3.05, 3.63) is 139 Å². The van der Waals surface area contributed by atoms with Crippen molar-refractivity contribution in [2.45, 2.75) is 12.7 Å². The van der Waals surface area contributed by atoms with Gasteiger partial charge in [0.25, 0.3) is 0 Å². The number of hydrogen-bond acceptors (Lipinski definition) is 5. The van der Waals surface area contributed by atoms with E-state index in [9.17, 15) is 31.1 Å². The molecule has 0 atom stereocenters. The maximum Gasteiger partial charge on any atom is 0.573 e. The summed E-state index contributed by atoms with van der Waals surface area (Å²) < 4.78 is 94.3. The fourth-order valence-electron chi connectivity index (χ4n) is 4.78. The molecule has 0 fully saturated rings. The van der Waals surface area contributed by atoms with Crippen LogP contribution < -0.4 is 18.9 Å². The van der Waals surface area contributed by atoms with E-state index in [0.29, 0.717) is 22.6 Å². The molecule has 0 heterocycles. The van der Waals surface area contributed by atoms with Crippen molar-refractivity contribution in [1.29, 1.82) is 0 Å². The van der Waals surface area contributed by atoms with E-state index in [1.807, 2.05) is 54.6 Å². The van der Waals surface area contributed by atoms with Gasteiger partial charge in [0, 0.05) is 0 Å². The molecule has 1 N–H and O–H groups in total. The van der Waals surface area contributed by atoms with Gasteiger partial charge in [-0.3, -0.25) is 0 Å². The van der Waals surface area contributed by atoms with Crippen molar-refractivity contribution in [3.63, 3.8) is 0 Å². The van der Waals surface area contributed by atoms with Crippen molar-refractivity contribution < 1.29 is 55.2 Å². The van der Waals surface area contributed by atoms with Gasteiger partial charge in [-0.05, 0) is 93.6 Å². The lowest BCUT2D eigenvalue weighted by Crippen LogP contribution is -2.16. The number of carboxylic acid groups (broad SMARTS) is 1. The highest BCUT2D eigenvalue weighted by Crippen LogP contribution is 2.32. The lowest BCUT2D eigenvalue weighted by Gasteiger charge is -2.13. The second kappa shape index (κ2) is 14.9. The second-order valence-electron chi connectivity index (χ2n) is 10.4. The molecular weight excluding hydrogens is 654 g/mol. The highest BCUT2D eigenvalue weighted by atomic mass is 19.4. The molecule has 0 unspecified atom stereocenters. The van der Waals surface area contributed by atoms with E-state index in [2.05, 4.69) is 9.47 Å². The third-order valence-electron chi connectivity index (χ3n) is 6.96. The predicted octanol–water partition coefficient (Wildman–Crippen LogP) is 9.79. The van der Waals surface area contributed by atoms with Crippen LogP contribution >= 0.6 is 0 Å². The average Bonchev–Trinajstić information content (AvgIpc) is 3.06. The van der Waals surface area contributed by atoms with Crippen LogP contribution in [0.5, 0.6) is 23.0 Å². The Hall–Kier alpha value is -5.91. The predicted molar refractivity (Wildman–Crippen MR) is 169 cm³/mol. The zero-order chi connectivity index (χ0) is 35.0. The minimum absolute atomic E-state index is 0.148. The molecule has 0 spiro atoms. The van der Waals surface area contributed by atoms with Crippen LogP contribution in [0.4, 0.5) is 26.3 Å². The van der Waals surface area contributed by atoms with Gasteiger partial charge in [-0.2, -0.15) is 0 Å². The van der Waals surface area contributed by atoms with Crippen LogP contribution in [-0.4, -0.2) is 37.0 Å². The zero-order valence-electron chi connectivity index (χ0n) is 25.3. The van der Waals surface area contributed by atoms with Gasteiger partial charge in [-0.15, -0.1) is 26.3 Å². The molecule has 252 valence electrons. The first-order valence-corrected chi connectivity index (χ1v) is 14.5. The van der Waals surface area contributed by atoms with E-state index in [-0.39, 0.29) is 18.1 Å². The average molecular weight is 681 g/mol. The number of benzene rings is 5. The fourth-order valence-corrected chi connectivity index (χ4v) is 4.78. The maximum atomic E-state index is 12.6. The topological polar surface area (TPSA) is 74.2 Å². The first-order chi connectivity index (χ1) is 23.3. The molecule has 49 heavy (non-hydrogen) atoms. The van der Waals surface area contributed by atoms with E-state index >= 15 is 0 Å². The summed E-state index contributed by atoms with van der Waals surface area (Å²) in [6.45, 7) is -0.324. The number of halogens is 6. The Morgan fingerprint density at radius 1 is 0.510 bits per heavy atom. The third-order valence-corrected chi connectivity index (χ3v) is 6.96. The largest absolute Gasteiger partial charge is 0.573 e. The van der Waals surface area contributed by atoms with Crippen LogP contribution in [-0.2, 0) is 4.79 Å². The number of alkyl halides is 6. The van der Waals surface area contributed by atoms with Gasteiger partial charge in [0.2, 0.25) is 0 Å². The standard InChI is InChI=1S/C37H26F6O6/c38-36(39,40)48-32-13-9-26(10-14-32)24-1-5-28(6-2-24)34(21-22-46-30-17-19-31(20-18-30)47-23-35(44)45)29-7-3-25(4-8-29)27-11-15-33(16-12-27)49-37(41,42)43/h1-21H,22-23H2,(H,44,45). The van der Waals surface area contributed by atoms with Crippen molar-refractivity contribution >= 4 is 11.5 Å². The summed E-state index contributed by atoms with van der Waals surface area (Å²) >= 11 is 0. The van der Waals surface area contributed by atoms with E-state index in [4.69, 9.17) is 14.6 Å². The summed E-state index contributed by atoms with van der Waals surface area (Å²) in [5.41, 5.74) is 5.30. The number of carbonyl (C=O) groups is 1. The highest BCUT2D eigenvalue weighted by molar-refractivity contribution is 5.82. The van der Waals surface area contributed by atoms with Crippen LogP contribution in [0.25, 0.3) is 27.8 Å². The third kappa shape index (κ3) is 10.3. The first kappa shape index (κ1) is 34.4. The Labute approximate surface area is 276 Å². The number of carboxylic acids is 1. The Kier molecular flexibility index (Phi) is 10.5. The van der Waals surface area contributed by atoms with Gasteiger partial charge in [-0.25, -0.2) is 4.79 Å². The molecule has 0 amide bonds. The Morgan fingerprint density at radius 2 is 0.837 bits per heavy atom. The SMILES string of the molecule is O=C(O)COc1ccc(OCC=C(c2ccc(-c3ccc(OC(F)(F)F)cc3)cc2)c2ccc(-c3ccc(OC(F)(F)F)cc3)cc2)cc1. The van der Waals surface area contributed by atoms with Gasteiger partial charge >= 0.3 is 18.7 Å². The fraction of sp³-hybridized carbons (Fsp3) is 0.108. The number of ether oxygens (including phenoxy) is 4. The minimum atomic E-state index is -4.79. The Morgan fingerprint density at radius 3 is 1.18 bits per heavy atom. The molecule has 0 bridgehead atoms. The minimum Gasteiger partial charge on any atom is -0.490 e. The molecular formula is C37H26F6O6. The molecule has 0 aliphatic rings. The lowest BCUT2D eigenvalue weighted by molar-refractivity contribution is -0.275. The van der Waals surface area contributed by atoms with Crippen LogP contribution in [0, 0.1) is 0 Å². The smallest absolute Gasteiger partial charge is 0.490 e. The Bertz CT molecular complexity index is 1760. The van der Waals surface area contributed by atoms with Gasteiger partial charge in [-0.1, -0.05) is 72.8 Å². The van der Waals surface area contributed by atoms with Crippen LogP contribution in [0.2, 0.25) is 0 Å². The Balaban J connectivity index is 1.37. The number of aliphatic carboxylic acids is 1. The lowest BCUT2D eigenvalue weighted by atomic mass is 9.94. The summed E-state index contributed by atoms with van der Waals surface area (Å²) in [6.07, 6.45) is -7.71. The van der Waals surface area contributed by atoms with Crippen molar-refractivity contribution in [3.8, 4) is 45.3 Å². The quantitative estimate of drug-likeness (QED) is 0.132. The summed E-state index contributed by atoms with van der Waals surface area (Å²) in [5, 5.41) is 8.79. The second-order valence-corrected chi connectivity index (χ2v) is 10.4. The van der Waals surface area contributed by atoms with Gasteiger partial charge in [0.05, 0.1) is 0 Å². The molecule has 12 heteroatoms. The van der Waals surface area contributed by atoms with Gasteiger partial charge in [0.1, 0.15) is 29.6 Å². The van der Waals surface area contributed by atoms with Gasteiger partial charge in [0.15, 0.2) is 6.61 Å². The van der Waals surface area contributed by atoms with E-state index < -0.39 is 25.3 Å². The van der Waals surface area contributed by atoms with Crippen molar-refractivity contribution in [2.75, 3.05) is 13.2 Å². The number of hydrogen-bond donors (Lipinski definition) is 1. The van der Waals surface area contributed by atoms with Crippen LogP contribution in [0.15, 0.2) is 127 Å². The molecule has 0 saturated heterocycles. The normalized spacial score (nSPS) is 11.4. The molecule has 0 saturated carbocycles. The molecule has 5 aromatic rings. The molecule has 0 radical (unpaired) electrons. The summed E-state index contributed by atoms with van der Waals surface area (Å²) in [7, 11) is 0. The molecule has 5 rings (SSSR count). The van der Waals surface area contributed by atoms with Crippen molar-refractivity contribution in [2.24, 2.45) is 0 Å². The highest BCUT2D eigenvalue weighted by Gasteiger charge is 2.31. The van der Waals surface area contributed by atoms with E-state index in [1.165, 1.54) is 48.5 Å². The summed E-state index contributed by atoms with van der Waals surface area (Å²) in [5.74, 6) is -0.860. The van der Waals surface area contributed by atoms with Crippen LogP contribution in [0.3, 0.4) is 0 Å². The zero-order valence-corrected chi connectivity index (χ0v) is 25.3. The molecule has 0 aliphatic carbocycles. The summed E-state index contributed by atoms with van der Waals surface area (Å²) in [6, 6.07) is 32.3.